The van der Waals surface area contributed by atoms with Gasteiger partial charge >= 0.3 is 0 Å². The highest BCUT2D eigenvalue weighted by molar-refractivity contribution is 8.01. The number of aromatic nitrogens is 1. The van der Waals surface area contributed by atoms with Crippen LogP contribution in [0.5, 0.6) is 5.75 Å². The number of benzene rings is 1. The molecule has 2 unspecified atom stereocenters. The number of para-hydroxylation sites is 1. The fourth-order valence-electron chi connectivity index (χ4n) is 2.63. The molecule has 0 spiro atoms. The van der Waals surface area contributed by atoms with Crippen LogP contribution < -0.4 is 4.74 Å². The van der Waals surface area contributed by atoms with Crippen LogP contribution in [0.1, 0.15) is 23.4 Å². The third-order valence-corrected chi connectivity index (χ3v) is 5.14. The lowest BCUT2D eigenvalue weighted by molar-refractivity contribution is -0.130. The molecule has 114 valence electrons. The zero-order chi connectivity index (χ0) is 15.5. The number of thioether (sulfide) groups is 1. The molecular weight excluding hydrogens is 296 g/mol. The van der Waals surface area contributed by atoms with Crippen molar-refractivity contribution in [2.24, 2.45) is 0 Å². The summed E-state index contributed by atoms with van der Waals surface area (Å²) < 4.78 is 5.40. The standard InChI is InChI=1S/C17H18N2O2S/c1-12-16(20)19(11-14-6-3-4-8-15(14)21-2)17(22-12)13-7-5-9-18-10-13/h3-10,12,17H,11H2,1-2H3. The molecule has 2 atom stereocenters. The van der Waals surface area contributed by atoms with Crippen LogP contribution in [0.3, 0.4) is 0 Å². The normalized spacial score (nSPS) is 21.2. The van der Waals surface area contributed by atoms with Crippen molar-refractivity contribution in [2.45, 2.75) is 24.1 Å². The molecule has 1 amide bonds. The largest absolute Gasteiger partial charge is 0.496 e. The second kappa shape index (κ2) is 6.40. The number of pyridine rings is 1. The van der Waals surface area contributed by atoms with E-state index in [4.69, 9.17) is 4.74 Å². The Hall–Kier alpha value is -2.01. The van der Waals surface area contributed by atoms with E-state index in [1.54, 1.807) is 25.1 Å². The lowest BCUT2D eigenvalue weighted by Crippen LogP contribution is -2.30. The topological polar surface area (TPSA) is 42.4 Å². The summed E-state index contributed by atoms with van der Waals surface area (Å²) in [6, 6.07) is 11.7. The van der Waals surface area contributed by atoms with Crippen molar-refractivity contribution in [3.05, 3.63) is 59.9 Å². The van der Waals surface area contributed by atoms with Gasteiger partial charge in [0.25, 0.3) is 0 Å². The van der Waals surface area contributed by atoms with E-state index in [-0.39, 0.29) is 16.5 Å². The van der Waals surface area contributed by atoms with Crippen LogP contribution in [0.2, 0.25) is 0 Å². The highest BCUT2D eigenvalue weighted by Gasteiger charge is 2.38. The van der Waals surface area contributed by atoms with Crippen molar-refractivity contribution in [1.29, 1.82) is 0 Å². The Morgan fingerprint density at radius 3 is 2.82 bits per heavy atom. The Kier molecular flexibility index (Phi) is 4.34. The first-order chi connectivity index (χ1) is 10.7. The number of hydrogen-bond donors (Lipinski definition) is 0. The Labute approximate surface area is 134 Å². The number of hydrogen-bond acceptors (Lipinski definition) is 4. The number of nitrogens with zero attached hydrogens (tertiary/aromatic N) is 2. The Morgan fingerprint density at radius 1 is 1.27 bits per heavy atom. The summed E-state index contributed by atoms with van der Waals surface area (Å²) >= 11 is 1.66. The van der Waals surface area contributed by atoms with Gasteiger partial charge in [-0.1, -0.05) is 24.3 Å². The molecule has 0 bridgehead atoms. The van der Waals surface area contributed by atoms with Gasteiger partial charge in [0, 0.05) is 23.5 Å². The summed E-state index contributed by atoms with van der Waals surface area (Å²) in [6.07, 6.45) is 3.58. The van der Waals surface area contributed by atoms with E-state index in [9.17, 15) is 4.79 Å². The molecule has 0 N–H and O–H groups in total. The SMILES string of the molecule is COc1ccccc1CN1C(=O)C(C)SC1c1cccnc1. The minimum Gasteiger partial charge on any atom is -0.496 e. The molecule has 2 aromatic rings. The van der Waals surface area contributed by atoms with Crippen molar-refractivity contribution in [2.75, 3.05) is 7.11 Å². The molecule has 2 heterocycles. The molecule has 0 radical (unpaired) electrons. The molecule has 1 aliphatic rings. The number of methoxy groups -OCH3 is 1. The number of carbonyl (C=O) groups excluding carboxylic acids is 1. The average Bonchev–Trinajstić information content (AvgIpc) is 2.84. The van der Waals surface area contributed by atoms with E-state index in [2.05, 4.69) is 4.98 Å². The van der Waals surface area contributed by atoms with Gasteiger partial charge in [0.15, 0.2) is 0 Å². The van der Waals surface area contributed by atoms with Crippen molar-refractivity contribution >= 4 is 17.7 Å². The monoisotopic (exact) mass is 314 g/mol. The van der Waals surface area contributed by atoms with Crippen LogP contribution in [0.15, 0.2) is 48.8 Å². The molecule has 1 aromatic carbocycles. The van der Waals surface area contributed by atoms with Gasteiger partial charge in [-0.15, -0.1) is 11.8 Å². The van der Waals surface area contributed by atoms with Gasteiger partial charge in [-0.2, -0.15) is 0 Å². The average molecular weight is 314 g/mol. The van der Waals surface area contributed by atoms with E-state index >= 15 is 0 Å². The van der Waals surface area contributed by atoms with Crippen molar-refractivity contribution in [3.63, 3.8) is 0 Å². The molecule has 1 fully saturated rings. The first kappa shape index (κ1) is 14.9. The van der Waals surface area contributed by atoms with Gasteiger partial charge in [0.1, 0.15) is 11.1 Å². The molecule has 22 heavy (non-hydrogen) atoms. The fourth-order valence-corrected chi connectivity index (χ4v) is 3.89. The van der Waals surface area contributed by atoms with Gasteiger partial charge in [0.2, 0.25) is 5.91 Å². The predicted octanol–water partition coefficient (Wildman–Crippen LogP) is 3.25. The fraction of sp³-hybridized carbons (Fsp3) is 0.294. The van der Waals surface area contributed by atoms with Crippen LogP contribution >= 0.6 is 11.8 Å². The first-order valence-electron chi connectivity index (χ1n) is 7.18. The van der Waals surface area contributed by atoms with E-state index in [0.29, 0.717) is 6.54 Å². The predicted molar refractivity (Wildman–Crippen MR) is 87.6 cm³/mol. The van der Waals surface area contributed by atoms with E-state index in [1.807, 2.05) is 54.4 Å². The third-order valence-electron chi connectivity index (χ3n) is 3.75. The van der Waals surface area contributed by atoms with Crippen LogP contribution in [0, 0.1) is 0 Å². The quantitative estimate of drug-likeness (QED) is 0.869. The summed E-state index contributed by atoms with van der Waals surface area (Å²) in [4.78, 5) is 18.6. The molecule has 0 aliphatic carbocycles. The molecule has 1 saturated heterocycles. The molecule has 4 nitrogen and oxygen atoms in total. The summed E-state index contributed by atoms with van der Waals surface area (Å²) in [6.45, 7) is 2.50. The zero-order valence-corrected chi connectivity index (χ0v) is 13.4. The molecular formula is C17H18N2O2S. The van der Waals surface area contributed by atoms with Gasteiger partial charge in [-0.25, -0.2) is 0 Å². The second-order valence-corrected chi connectivity index (χ2v) is 6.62. The first-order valence-corrected chi connectivity index (χ1v) is 8.12. The molecule has 0 saturated carbocycles. The van der Waals surface area contributed by atoms with Crippen LogP contribution in [0.4, 0.5) is 0 Å². The van der Waals surface area contributed by atoms with Crippen molar-refractivity contribution in [1.82, 2.24) is 9.88 Å². The molecule has 5 heteroatoms. The maximum atomic E-state index is 12.5. The third kappa shape index (κ3) is 2.81. The lowest BCUT2D eigenvalue weighted by atomic mass is 10.1. The number of carbonyl (C=O) groups is 1. The molecule has 1 aliphatic heterocycles. The summed E-state index contributed by atoms with van der Waals surface area (Å²) in [5.41, 5.74) is 2.07. The van der Waals surface area contributed by atoms with Crippen LogP contribution in [0.25, 0.3) is 0 Å². The van der Waals surface area contributed by atoms with Gasteiger partial charge in [-0.05, 0) is 19.1 Å². The van der Waals surface area contributed by atoms with E-state index in [0.717, 1.165) is 16.9 Å². The van der Waals surface area contributed by atoms with E-state index < -0.39 is 0 Å². The minimum absolute atomic E-state index is 0.00103. The van der Waals surface area contributed by atoms with Crippen molar-refractivity contribution in [3.8, 4) is 5.75 Å². The molecule has 1 aromatic heterocycles. The summed E-state index contributed by atoms with van der Waals surface area (Å²) in [5, 5.41) is -0.0407. The zero-order valence-electron chi connectivity index (χ0n) is 12.6. The molecule has 3 rings (SSSR count). The van der Waals surface area contributed by atoms with Gasteiger partial charge in [-0.3, -0.25) is 9.78 Å². The summed E-state index contributed by atoms with van der Waals surface area (Å²) in [7, 11) is 1.65. The number of amides is 1. The van der Waals surface area contributed by atoms with Gasteiger partial charge in [0.05, 0.1) is 18.9 Å². The van der Waals surface area contributed by atoms with Crippen molar-refractivity contribution < 1.29 is 9.53 Å². The number of ether oxygens (including phenoxy) is 1. The number of rotatable bonds is 4. The minimum atomic E-state index is -0.0417. The Morgan fingerprint density at radius 2 is 2.09 bits per heavy atom. The Bertz CT molecular complexity index is 663. The highest BCUT2D eigenvalue weighted by atomic mass is 32.2. The van der Waals surface area contributed by atoms with Crippen LogP contribution in [-0.2, 0) is 11.3 Å². The van der Waals surface area contributed by atoms with Gasteiger partial charge < -0.3 is 9.64 Å². The lowest BCUT2D eigenvalue weighted by Gasteiger charge is -2.24. The summed E-state index contributed by atoms with van der Waals surface area (Å²) in [5.74, 6) is 0.967. The van der Waals surface area contributed by atoms with Crippen LogP contribution in [-0.4, -0.2) is 28.2 Å². The van der Waals surface area contributed by atoms with E-state index in [1.165, 1.54) is 0 Å². The Balaban J connectivity index is 1.90. The smallest absolute Gasteiger partial charge is 0.236 e. The maximum absolute atomic E-state index is 12.5. The second-order valence-electron chi connectivity index (χ2n) is 5.20. The highest BCUT2D eigenvalue weighted by Crippen LogP contribution is 2.43. The maximum Gasteiger partial charge on any atom is 0.236 e.